The van der Waals surface area contributed by atoms with E-state index < -0.39 is 93.3 Å². The van der Waals surface area contributed by atoms with Crippen LogP contribution in [-0.4, -0.2) is 185 Å². The number of aliphatic hydroxyl groups is 3. The van der Waals surface area contributed by atoms with E-state index in [4.69, 9.17) is 56.3 Å². The van der Waals surface area contributed by atoms with Crippen LogP contribution in [0.4, 0.5) is 0 Å². The Kier molecular flexibility index (Phi) is 14.5. The van der Waals surface area contributed by atoms with Crippen molar-refractivity contribution in [3.63, 3.8) is 0 Å². The van der Waals surface area contributed by atoms with Crippen molar-refractivity contribution in [2.45, 2.75) is 282 Å². The smallest absolute Gasteiger partial charge is 0.396 e. The van der Waals surface area contributed by atoms with Gasteiger partial charge in [0.15, 0.2) is 0 Å². The van der Waals surface area contributed by atoms with Crippen LogP contribution in [0.5, 0.6) is 0 Å². The molecule has 0 radical (unpaired) electrons. The van der Waals surface area contributed by atoms with Gasteiger partial charge in [0.1, 0.15) is 35.6 Å². The third-order valence-electron chi connectivity index (χ3n) is 19.4. The first-order valence-electron chi connectivity index (χ1n) is 27.5. The number of hydrogen-bond acceptors (Lipinski definition) is 17. The van der Waals surface area contributed by atoms with Gasteiger partial charge in [-0.2, -0.15) is 8.42 Å². The summed E-state index contributed by atoms with van der Waals surface area (Å²) in [6.45, 7) is 23.8. The number of rotatable bonds is 9. The Balaban J connectivity index is 0.754. The summed E-state index contributed by atoms with van der Waals surface area (Å²) in [5, 5.41) is 33.8. The summed E-state index contributed by atoms with van der Waals surface area (Å²) in [6, 6.07) is 0. The van der Waals surface area contributed by atoms with Gasteiger partial charge in [-0.1, -0.05) is 43.9 Å². The summed E-state index contributed by atoms with van der Waals surface area (Å²) < 4.78 is 114. The molecule has 11 heterocycles. The van der Waals surface area contributed by atoms with E-state index in [1.54, 1.807) is 32.1 Å². The summed E-state index contributed by atoms with van der Waals surface area (Å²) in [5.41, 5.74) is -3.28. The molecule has 0 aromatic rings. The average Bonchev–Trinajstić information content (AvgIpc) is 3.47. The third-order valence-corrected chi connectivity index (χ3v) is 19.9. The molecule has 416 valence electrons. The topological polar surface area (TPSA) is 226 Å². The quantitative estimate of drug-likeness (QED) is 0.132. The minimum atomic E-state index is -4.78. The van der Waals surface area contributed by atoms with Gasteiger partial charge >= 0.3 is 10.4 Å². The van der Waals surface area contributed by atoms with E-state index in [1.165, 1.54) is 0 Å². The van der Waals surface area contributed by atoms with Crippen molar-refractivity contribution in [1.29, 1.82) is 0 Å². The van der Waals surface area contributed by atoms with Crippen molar-refractivity contribution in [1.82, 2.24) is 0 Å². The van der Waals surface area contributed by atoms with Crippen molar-refractivity contribution in [3.8, 4) is 0 Å². The highest BCUT2D eigenvalue weighted by Crippen LogP contribution is 2.54. The molecule has 11 fully saturated rings. The van der Waals surface area contributed by atoms with Crippen LogP contribution >= 0.6 is 0 Å². The van der Waals surface area contributed by atoms with E-state index >= 15 is 0 Å². The Hall–Kier alpha value is -1.73. The first-order chi connectivity index (χ1) is 34.9. The molecule has 74 heavy (non-hydrogen) atoms. The first-order valence-corrected chi connectivity index (χ1v) is 28.9. The number of ether oxygens (including phenoxy) is 11. The van der Waals surface area contributed by atoms with Crippen LogP contribution < -0.4 is 0 Å². The molecular formula is C55H82O18S. The molecule has 26 atom stereocenters. The van der Waals surface area contributed by atoms with Crippen molar-refractivity contribution >= 4 is 10.4 Å². The Morgan fingerprint density at radius 1 is 0.730 bits per heavy atom. The molecule has 0 aromatic heterocycles. The molecule has 19 heteroatoms. The SMILES string of the molecule is C=CCC(=C)C=CC(C)(O)C1OC2CC3OC4CC5OC6CC7OC8CC9OC%10CC%11OC(C)(CCO)C(OS(=O)(=O)O)CC%11OC%10CC9OC8CCC7(C)OC6(C)CCC(C)C5OC4C(O)C3(C)OC2CC1=C. The highest BCUT2D eigenvalue weighted by molar-refractivity contribution is 7.80. The Morgan fingerprint density at radius 3 is 1.96 bits per heavy atom. The van der Waals surface area contributed by atoms with Crippen molar-refractivity contribution in [2.75, 3.05) is 6.61 Å². The predicted molar refractivity (Wildman–Crippen MR) is 265 cm³/mol. The van der Waals surface area contributed by atoms with Crippen LogP contribution in [0.1, 0.15) is 131 Å². The lowest BCUT2D eigenvalue weighted by atomic mass is 9.73. The van der Waals surface area contributed by atoms with Crippen LogP contribution in [0.2, 0.25) is 0 Å². The second-order valence-electron chi connectivity index (χ2n) is 25.0. The normalized spacial score (nSPS) is 52.9. The second-order valence-corrected chi connectivity index (χ2v) is 26.0. The second kappa shape index (κ2) is 19.8. The number of aliphatic hydroxyl groups excluding tert-OH is 2. The number of allylic oxidation sites excluding steroid dienone is 3. The highest BCUT2D eigenvalue weighted by atomic mass is 32.3. The van der Waals surface area contributed by atoms with E-state index in [2.05, 4.69) is 40.5 Å². The van der Waals surface area contributed by atoms with Gasteiger partial charge in [-0.3, -0.25) is 4.55 Å². The first kappa shape index (κ1) is 54.2. The molecule has 11 rings (SSSR count). The molecular weight excluding hydrogens is 981 g/mol. The van der Waals surface area contributed by atoms with Gasteiger partial charge in [0.2, 0.25) is 0 Å². The summed E-state index contributed by atoms with van der Waals surface area (Å²) >= 11 is 0. The maximum atomic E-state index is 12.3. The summed E-state index contributed by atoms with van der Waals surface area (Å²) in [6.07, 6.45) is 4.08. The number of hydrogen-bond donors (Lipinski definition) is 4. The van der Waals surface area contributed by atoms with Gasteiger partial charge in [0.05, 0.1) is 114 Å². The largest absolute Gasteiger partial charge is 0.397 e. The van der Waals surface area contributed by atoms with Crippen LogP contribution in [0.15, 0.2) is 49.1 Å². The molecule has 11 saturated heterocycles. The monoisotopic (exact) mass is 1060 g/mol. The lowest BCUT2D eigenvalue weighted by Gasteiger charge is -2.61. The minimum absolute atomic E-state index is 0.0923. The predicted octanol–water partition coefficient (Wildman–Crippen LogP) is 5.23. The molecule has 0 spiro atoms. The van der Waals surface area contributed by atoms with E-state index in [1.807, 2.05) is 6.92 Å². The van der Waals surface area contributed by atoms with Gasteiger partial charge < -0.3 is 67.4 Å². The van der Waals surface area contributed by atoms with E-state index in [9.17, 15) is 28.3 Å². The Bertz CT molecular complexity index is 2280. The van der Waals surface area contributed by atoms with Crippen LogP contribution in [0.25, 0.3) is 0 Å². The molecule has 0 amide bonds. The molecule has 0 aliphatic carbocycles. The van der Waals surface area contributed by atoms with E-state index in [0.717, 1.165) is 31.3 Å². The van der Waals surface area contributed by atoms with Crippen LogP contribution in [0, 0.1) is 5.92 Å². The summed E-state index contributed by atoms with van der Waals surface area (Å²) in [4.78, 5) is 0. The fraction of sp³-hybridized carbons (Fsp3) is 0.855. The van der Waals surface area contributed by atoms with Crippen molar-refractivity contribution in [3.05, 3.63) is 49.1 Å². The lowest BCUT2D eigenvalue weighted by molar-refractivity contribution is -0.369. The van der Waals surface area contributed by atoms with Gasteiger partial charge in [-0.25, -0.2) is 4.18 Å². The maximum Gasteiger partial charge on any atom is 0.397 e. The van der Waals surface area contributed by atoms with Crippen molar-refractivity contribution in [2.24, 2.45) is 5.92 Å². The maximum absolute atomic E-state index is 12.3. The van der Waals surface area contributed by atoms with Crippen LogP contribution in [-0.2, 0) is 66.7 Å². The van der Waals surface area contributed by atoms with Gasteiger partial charge in [0, 0.05) is 58.0 Å². The molecule has 26 unspecified atom stereocenters. The Morgan fingerprint density at radius 2 is 1.30 bits per heavy atom. The standard InChI is InChI=1S/C55H82O18S/c1-10-11-28(2)12-15-51(5,58)50-30(4)20-39-38(68-50)26-46-55(9,71-39)49(57)48-42(67-46)24-41-47(69-48)29(3)13-16-53(7)44(66-41)27-43-54(8,73-53)17-14-31-32(65-43)21-34-33(62-31)22-35-36(63-34)23-40-37(64-35)25-45(72-74(59,60)61)52(6,70-40)18-19-56/h10,12,15,29,31-50,56-58H,1-2,4,11,13-14,16-27H2,3,5-9H3,(H,59,60,61). The molecule has 4 N–H and O–H groups in total. The van der Waals surface area contributed by atoms with Gasteiger partial charge in [-0.05, 0) is 84.6 Å². The zero-order chi connectivity index (χ0) is 52.5. The molecule has 18 nitrogen and oxygen atoms in total. The van der Waals surface area contributed by atoms with Gasteiger partial charge in [-0.15, -0.1) is 6.58 Å². The molecule has 0 bridgehead atoms. The summed E-state index contributed by atoms with van der Waals surface area (Å²) in [7, 11) is -4.78. The lowest BCUT2D eigenvalue weighted by Crippen LogP contribution is -2.74. The average molecular weight is 1060 g/mol. The van der Waals surface area contributed by atoms with Crippen molar-refractivity contribution < 1.29 is 84.6 Å². The third kappa shape index (κ3) is 9.93. The number of fused-ring (bicyclic) bond motifs is 10. The Labute approximate surface area is 436 Å². The van der Waals surface area contributed by atoms with E-state index in [0.29, 0.717) is 56.9 Å². The molecule has 0 saturated carbocycles. The fourth-order valence-corrected chi connectivity index (χ4v) is 15.7. The summed E-state index contributed by atoms with van der Waals surface area (Å²) in [5.74, 6) is 0.0923. The highest BCUT2D eigenvalue weighted by Gasteiger charge is 2.65. The zero-order valence-corrected chi connectivity index (χ0v) is 44.8. The fourth-order valence-electron chi connectivity index (χ4n) is 15.2. The molecule has 11 aliphatic heterocycles. The zero-order valence-electron chi connectivity index (χ0n) is 44.0. The van der Waals surface area contributed by atoms with E-state index in [-0.39, 0.29) is 92.5 Å². The van der Waals surface area contributed by atoms with Crippen LogP contribution in [0.3, 0.4) is 0 Å². The van der Waals surface area contributed by atoms with Gasteiger partial charge in [0.25, 0.3) is 0 Å². The molecule has 11 aliphatic rings. The molecule has 0 aromatic carbocycles. The minimum Gasteiger partial charge on any atom is -0.396 e.